The van der Waals surface area contributed by atoms with Gasteiger partial charge in [-0.25, -0.2) is 0 Å². The van der Waals surface area contributed by atoms with Gasteiger partial charge in [-0.3, -0.25) is 0 Å². The fourth-order valence-corrected chi connectivity index (χ4v) is 2.81. The van der Waals surface area contributed by atoms with E-state index in [-0.39, 0.29) is 23.1 Å². The standard InChI is InChI=1S/C13H22N4O3/c1-12(2)9-10(13(3,4)20-12)14-6-8-16-7-5-11(15-16)17(18)19/h5,7,10,14H,6,8-9H2,1-4H3/t10-/m0/s1. The zero-order valence-electron chi connectivity index (χ0n) is 12.4. The molecular weight excluding hydrogens is 260 g/mol. The molecule has 7 nitrogen and oxygen atoms in total. The summed E-state index contributed by atoms with van der Waals surface area (Å²) in [5, 5.41) is 17.9. The highest BCUT2D eigenvalue weighted by molar-refractivity contribution is 5.13. The van der Waals surface area contributed by atoms with E-state index >= 15 is 0 Å². The Balaban J connectivity index is 1.85. The van der Waals surface area contributed by atoms with Gasteiger partial charge in [-0.1, -0.05) is 0 Å². The summed E-state index contributed by atoms with van der Waals surface area (Å²) in [5.74, 6) is -0.115. The highest BCUT2D eigenvalue weighted by Crippen LogP contribution is 2.37. The van der Waals surface area contributed by atoms with Gasteiger partial charge >= 0.3 is 5.82 Å². The lowest BCUT2D eigenvalue weighted by Gasteiger charge is -2.27. The minimum Gasteiger partial charge on any atom is -0.368 e. The summed E-state index contributed by atoms with van der Waals surface area (Å²) in [7, 11) is 0. The van der Waals surface area contributed by atoms with Crippen LogP contribution < -0.4 is 5.32 Å². The van der Waals surface area contributed by atoms with Crippen molar-refractivity contribution in [2.75, 3.05) is 6.54 Å². The van der Waals surface area contributed by atoms with Crippen LogP contribution in [0.4, 0.5) is 5.82 Å². The van der Waals surface area contributed by atoms with Gasteiger partial charge < -0.3 is 20.2 Å². The fraction of sp³-hybridized carbons (Fsp3) is 0.769. The first-order chi connectivity index (χ1) is 9.20. The van der Waals surface area contributed by atoms with Crippen LogP contribution in [-0.2, 0) is 11.3 Å². The minimum absolute atomic E-state index is 0.115. The first-order valence-electron chi connectivity index (χ1n) is 6.81. The van der Waals surface area contributed by atoms with Crippen LogP contribution in [0.5, 0.6) is 0 Å². The van der Waals surface area contributed by atoms with Gasteiger partial charge in [0.25, 0.3) is 0 Å². The van der Waals surface area contributed by atoms with Crippen LogP contribution in [0.3, 0.4) is 0 Å². The molecule has 7 heteroatoms. The summed E-state index contributed by atoms with van der Waals surface area (Å²) >= 11 is 0. The quantitative estimate of drug-likeness (QED) is 0.657. The normalized spacial score (nSPS) is 23.9. The second kappa shape index (κ2) is 5.14. The number of nitro groups is 1. The summed E-state index contributed by atoms with van der Waals surface area (Å²) in [4.78, 5) is 10.1. The van der Waals surface area contributed by atoms with Crippen LogP contribution in [0, 0.1) is 10.1 Å². The van der Waals surface area contributed by atoms with Gasteiger partial charge in [0.2, 0.25) is 0 Å². The van der Waals surface area contributed by atoms with Crippen molar-refractivity contribution in [3.8, 4) is 0 Å². The first kappa shape index (κ1) is 14.9. The predicted molar refractivity (Wildman–Crippen MR) is 74.5 cm³/mol. The number of aromatic nitrogens is 2. The molecule has 1 aromatic rings. The number of nitrogens with one attached hydrogen (secondary N) is 1. The number of hydrogen-bond acceptors (Lipinski definition) is 5. The van der Waals surface area contributed by atoms with Crippen molar-refractivity contribution in [3.63, 3.8) is 0 Å². The van der Waals surface area contributed by atoms with Gasteiger partial charge in [-0.2, -0.15) is 4.68 Å². The van der Waals surface area contributed by atoms with Crippen LogP contribution in [0.15, 0.2) is 12.3 Å². The molecule has 112 valence electrons. The van der Waals surface area contributed by atoms with E-state index in [0.717, 1.165) is 6.42 Å². The molecular formula is C13H22N4O3. The SMILES string of the molecule is CC1(C)C[C@H](NCCn2ccc([N+](=O)[O-])n2)C(C)(C)O1. The molecule has 0 aliphatic carbocycles. The maximum atomic E-state index is 10.6. The van der Waals surface area contributed by atoms with Gasteiger partial charge in [-0.15, -0.1) is 0 Å². The Kier molecular flexibility index (Phi) is 3.84. The van der Waals surface area contributed by atoms with Gasteiger partial charge in [0, 0.05) is 12.6 Å². The van der Waals surface area contributed by atoms with E-state index in [2.05, 4.69) is 38.1 Å². The minimum atomic E-state index is -0.486. The summed E-state index contributed by atoms with van der Waals surface area (Å²) in [6.45, 7) is 9.64. The highest BCUT2D eigenvalue weighted by atomic mass is 16.6. The molecule has 2 rings (SSSR count). The lowest BCUT2D eigenvalue weighted by atomic mass is 9.94. The van der Waals surface area contributed by atoms with E-state index in [1.165, 1.54) is 6.07 Å². The third kappa shape index (κ3) is 3.34. The molecule has 1 N–H and O–H groups in total. The maximum Gasteiger partial charge on any atom is 0.389 e. The van der Waals surface area contributed by atoms with Gasteiger partial charge in [0.05, 0.1) is 35.1 Å². The van der Waals surface area contributed by atoms with Crippen LogP contribution in [0.25, 0.3) is 0 Å². The van der Waals surface area contributed by atoms with Crippen molar-refractivity contribution in [2.24, 2.45) is 0 Å². The molecule has 1 aliphatic heterocycles. The lowest BCUT2D eigenvalue weighted by molar-refractivity contribution is -0.389. The molecule has 0 bridgehead atoms. The molecule has 0 spiro atoms. The van der Waals surface area contributed by atoms with Gasteiger partial charge in [0.15, 0.2) is 0 Å². The molecule has 1 atom stereocenters. The summed E-state index contributed by atoms with van der Waals surface area (Å²) < 4.78 is 7.60. The smallest absolute Gasteiger partial charge is 0.368 e. The molecule has 1 aromatic heterocycles. The van der Waals surface area contributed by atoms with Crippen molar-refractivity contribution in [1.82, 2.24) is 15.1 Å². The van der Waals surface area contributed by atoms with Crippen molar-refractivity contribution < 1.29 is 9.66 Å². The molecule has 20 heavy (non-hydrogen) atoms. The highest BCUT2D eigenvalue weighted by Gasteiger charge is 2.45. The topological polar surface area (TPSA) is 82.2 Å². The molecule has 2 heterocycles. The second-order valence-corrected chi connectivity index (χ2v) is 6.37. The molecule has 0 aromatic carbocycles. The summed E-state index contributed by atoms with van der Waals surface area (Å²) in [6, 6.07) is 1.68. The molecule has 1 saturated heterocycles. The Morgan fingerprint density at radius 2 is 2.25 bits per heavy atom. The third-order valence-electron chi connectivity index (χ3n) is 3.62. The van der Waals surface area contributed by atoms with E-state index in [1.54, 1.807) is 10.9 Å². The Morgan fingerprint density at radius 1 is 1.55 bits per heavy atom. The maximum absolute atomic E-state index is 10.6. The Bertz CT molecular complexity index is 496. The molecule has 0 radical (unpaired) electrons. The molecule has 1 aliphatic rings. The van der Waals surface area contributed by atoms with Crippen molar-refractivity contribution in [1.29, 1.82) is 0 Å². The predicted octanol–water partition coefficient (Wildman–Crippen LogP) is 1.73. The Hall–Kier alpha value is -1.47. The largest absolute Gasteiger partial charge is 0.389 e. The van der Waals surface area contributed by atoms with Crippen LogP contribution in [0.2, 0.25) is 0 Å². The van der Waals surface area contributed by atoms with E-state index < -0.39 is 4.92 Å². The van der Waals surface area contributed by atoms with E-state index in [9.17, 15) is 10.1 Å². The molecule has 0 unspecified atom stereocenters. The Labute approximate surface area is 118 Å². The summed E-state index contributed by atoms with van der Waals surface area (Å²) in [6.07, 6.45) is 2.57. The van der Waals surface area contributed by atoms with E-state index in [1.807, 2.05) is 0 Å². The van der Waals surface area contributed by atoms with Crippen molar-refractivity contribution >= 4 is 5.82 Å². The van der Waals surface area contributed by atoms with Gasteiger partial charge in [-0.05, 0) is 39.0 Å². The fourth-order valence-electron chi connectivity index (χ4n) is 2.81. The number of ether oxygens (including phenoxy) is 1. The number of hydrogen-bond donors (Lipinski definition) is 1. The first-order valence-corrected chi connectivity index (χ1v) is 6.81. The van der Waals surface area contributed by atoms with E-state index in [0.29, 0.717) is 13.1 Å². The molecule has 1 fully saturated rings. The number of rotatable bonds is 5. The van der Waals surface area contributed by atoms with Crippen molar-refractivity contribution in [3.05, 3.63) is 22.4 Å². The van der Waals surface area contributed by atoms with E-state index in [4.69, 9.17) is 4.74 Å². The third-order valence-corrected chi connectivity index (χ3v) is 3.62. The molecule has 0 saturated carbocycles. The number of nitrogens with zero attached hydrogens (tertiary/aromatic N) is 3. The average Bonchev–Trinajstić information content (AvgIpc) is 2.81. The second-order valence-electron chi connectivity index (χ2n) is 6.37. The van der Waals surface area contributed by atoms with Gasteiger partial charge in [0.1, 0.15) is 0 Å². The lowest BCUT2D eigenvalue weighted by Crippen LogP contribution is -2.44. The van der Waals surface area contributed by atoms with Crippen LogP contribution in [0.1, 0.15) is 34.1 Å². The monoisotopic (exact) mass is 282 g/mol. The average molecular weight is 282 g/mol. The Morgan fingerprint density at radius 3 is 2.75 bits per heavy atom. The zero-order valence-corrected chi connectivity index (χ0v) is 12.4. The summed E-state index contributed by atoms with van der Waals surface area (Å²) in [5.41, 5.74) is -0.328. The zero-order chi connectivity index (χ0) is 15.0. The van der Waals surface area contributed by atoms with Crippen LogP contribution in [-0.4, -0.2) is 38.5 Å². The molecule has 0 amide bonds. The van der Waals surface area contributed by atoms with Crippen molar-refractivity contribution in [2.45, 2.75) is 57.9 Å². The van der Waals surface area contributed by atoms with Crippen LogP contribution >= 0.6 is 0 Å².